The molecule has 0 saturated heterocycles. The van der Waals surface area contributed by atoms with Gasteiger partial charge in [-0.25, -0.2) is 0 Å². The Morgan fingerprint density at radius 3 is 2.00 bits per heavy atom. The van der Waals surface area contributed by atoms with Crippen LogP contribution in [0, 0.1) is 5.41 Å². The zero-order chi connectivity index (χ0) is 7.83. The Morgan fingerprint density at radius 2 is 1.90 bits per heavy atom. The summed E-state index contributed by atoms with van der Waals surface area (Å²) in [6.45, 7) is 6.94. The van der Waals surface area contributed by atoms with E-state index in [9.17, 15) is 0 Å². The maximum absolute atomic E-state index is 3.44. The Bertz CT molecular complexity index is 127. The van der Waals surface area contributed by atoms with E-state index in [2.05, 4.69) is 33.1 Å². The van der Waals surface area contributed by atoms with Crippen LogP contribution in [-0.2, 0) is 0 Å². The van der Waals surface area contributed by atoms with Gasteiger partial charge in [0.2, 0.25) is 0 Å². The lowest BCUT2D eigenvalue weighted by Gasteiger charge is -2.19. The van der Waals surface area contributed by atoms with Crippen molar-refractivity contribution in [3.63, 3.8) is 0 Å². The van der Waals surface area contributed by atoms with E-state index in [1.165, 1.54) is 19.3 Å². The second-order valence-electron chi connectivity index (χ2n) is 3.78. The highest BCUT2D eigenvalue weighted by atomic mass is 15.0. The van der Waals surface area contributed by atoms with Crippen molar-refractivity contribution in [3.8, 4) is 0 Å². The van der Waals surface area contributed by atoms with Crippen molar-refractivity contribution in [1.29, 1.82) is 0 Å². The molecule has 1 aliphatic rings. The molecule has 60 valence electrons. The first-order valence-electron chi connectivity index (χ1n) is 4.33. The fraction of sp³-hybridized carbons (Fsp3) is 1.00. The topological polar surface area (TPSA) is 12.0 Å². The van der Waals surface area contributed by atoms with Crippen LogP contribution in [0.15, 0.2) is 0 Å². The zero-order valence-electron chi connectivity index (χ0n) is 7.62. The quantitative estimate of drug-likeness (QED) is 0.635. The van der Waals surface area contributed by atoms with E-state index in [-0.39, 0.29) is 0 Å². The van der Waals surface area contributed by atoms with Crippen molar-refractivity contribution >= 4 is 0 Å². The second-order valence-corrected chi connectivity index (χ2v) is 3.78. The van der Waals surface area contributed by atoms with Gasteiger partial charge in [-0.3, -0.25) is 0 Å². The number of hydrogen-bond donors (Lipinski definition) is 1. The molecule has 10 heavy (non-hydrogen) atoms. The standard InChI is InChI=1S/C9H19N/c1-5-8(3)7-9(8,6-2)10-4/h10H,5-7H2,1-4H3. The van der Waals surface area contributed by atoms with Gasteiger partial charge in [0.15, 0.2) is 0 Å². The molecule has 1 saturated carbocycles. The van der Waals surface area contributed by atoms with Crippen LogP contribution < -0.4 is 5.32 Å². The summed E-state index contributed by atoms with van der Waals surface area (Å²) in [5.74, 6) is 0. The molecule has 0 aromatic rings. The molecule has 1 aliphatic carbocycles. The third-order valence-electron chi connectivity index (χ3n) is 3.58. The number of hydrogen-bond acceptors (Lipinski definition) is 1. The average molecular weight is 141 g/mol. The van der Waals surface area contributed by atoms with Gasteiger partial charge in [-0.15, -0.1) is 0 Å². The fourth-order valence-corrected chi connectivity index (χ4v) is 2.20. The Hall–Kier alpha value is -0.0400. The molecular formula is C9H19N. The van der Waals surface area contributed by atoms with Gasteiger partial charge in [0, 0.05) is 5.54 Å². The first kappa shape index (κ1) is 8.06. The molecule has 1 N–H and O–H groups in total. The van der Waals surface area contributed by atoms with Crippen molar-refractivity contribution in [2.24, 2.45) is 5.41 Å². The summed E-state index contributed by atoms with van der Waals surface area (Å²) < 4.78 is 0. The van der Waals surface area contributed by atoms with Crippen LogP contribution in [0.25, 0.3) is 0 Å². The fourth-order valence-electron chi connectivity index (χ4n) is 2.20. The minimum Gasteiger partial charge on any atom is -0.314 e. The van der Waals surface area contributed by atoms with E-state index in [0.29, 0.717) is 11.0 Å². The molecule has 2 atom stereocenters. The summed E-state index contributed by atoms with van der Waals surface area (Å²) in [7, 11) is 2.09. The highest BCUT2D eigenvalue weighted by molar-refractivity contribution is 5.17. The Morgan fingerprint density at radius 1 is 1.30 bits per heavy atom. The smallest absolute Gasteiger partial charge is 0.0235 e. The Kier molecular flexibility index (Phi) is 1.80. The third-order valence-corrected chi connectivity index (χ3v) is 3.58. The maximum Gasteiger partial charge on any atom is 0.0235 e. The van der Waals surface area contributed by atoms with E-state index >= 15 is 0 Å². The summed E-state index contributed by atoms with van der Waals surface area (Å²) in [4.78, 5) is 0. The molecule has 1 rings (SSSR count). The monoisotopic (exact) mass is 141 g/mol. The maximum atomic E-state index is 3.44. The Labute approximate surface area is 64.2 Å². The lowest BCUT2D eigenvalue weighted by atomic mass is 9.97. The normalized spacial score (nSPS) is 45.6. The van der Waals surface area contributed by atoms with Gasteiger partial charge < -0.3 is 5.32 Å². The molecule has 0 aliphatic heterocycles. The molecule has 0 aromatic heterocycles. The van der Waals surface area contributed by atoms with Gasteiger partial charge in [0.1, 0.15) is 0 Å². The Balaban J connectivity index is 2.59. The molecule has 1 fully saturated rings. The summed E-state index contributed by atoms with van der Waals surface area (Å²) >= 11 is 0. The molecule has 0 spiro atoms. The molecular weight excluding hydrogens is 122 g/mol. The lowest BCUT2D eigenvalue weighted by Crippen LogP contribution is -2.32. The zero-order valence-corrected chi connectivity index (χ0v) is 7.62. The largest absolute Gasteiger partial charge is 0.314 e. The van der Waals surface area contributed by atoms with Crippen LogP contribution in [0.5, 0.6) is 0 Å². The molecule has 2 unspecified atom stereocenters. The van der Waals surface area contributed by atoms with E-state index < -0.39 is 0 Å². The number of nitrogens with one attached hydrogen (secondary N) is 1. The first-order valence-corrected chi connectivity index (χ1v) is 4.33. The van der Waals surface area contributed by atoms with Crippen LogP contribution in [0.3, 0.4) is 0 Å². The van der Waals surface area contributed by atoms with Crippen molar-refractivity contribution in [1.82, 2.24) is 5.32 Å². The van der Waals surface area contributed by atoms with Crippen LogP contribution in [0.1, 0.15) is 40.0 Å². The average Bonchev–Trinajstić information content (AvgIpc) is 2.59. The van der Waals surface area contributed by atoms with E-state index in [4.69, 9.17) is 0 Å². The van der Waals surface area contributed by atoms with Crippen LogP contribution in [0.2, 0.25) is 0 Å². The van der Waals surface area contributed by atoms with Gasteiger partial charge in [-0.2, -0.15) is 0 Å². The summed E-state index contributed by atoms with van der Waals surface area (Å²) in [5, 5.41) is 3.44. The highest BCUT2D eigenvalue weighted by Crippen LogP contribution is 2.59. The van der Waals surface area contributed by atoms with Gasteiger partial charge >= 0.3 is 0 Å². The van der Waals surface area contributed by atoms with Gasteiger partial charge in [0.25, 0.3) is 0 Å². The van der Waals surface area contributed by atoms with E-state index in [0.717, 1.165) is 0 Å². The number of rotatable bonds is 3. The molecule has 0 bridgehead atoms. The lowest BCUT2D eigenvalue weighted by molar-refractivity contribution is 0.379. The molecule has 0 aromatic carbocycles. The van der Waals surface area contributed by atoms with Crippen LogP contribution >= 0.6 is 0 Å². The van der Waals surface area contributed by atoms with Gasteiger partial charge in [0.05, 0.1) is 0 Å². The molecule has 0 heterocycles. The van der Waals surface area contributed by atoms with Crippen LogP contribution in [0.4, 0.5) is 0 Å². The van der Waals surface area contributed by atoms with Gasteiger partial charge in [-0.1, -0.05) is 20.8 Å². The molecule has 1 nitrogen and oxygen atoms in total. The van der Waals surface area contributed by atoms with Gasteiger partial charge in [-0.05, 0) is 31.7 Å². The second kappa shape index (κ2) is 2.23. The van der Waals surface area contributed by atoms with Crippen molar-refractivity contribution in [2.75, 3.05) is 7.05 Å². The summed E-state index contributed by atoms with van der Waals surface area (Å²) in [6, 6.07) is 0. The highest BCUT2D eigenvalue weighted by Gasteiger charge is 2.60. The van der Waals surface area contributed by atoms with Crippen molar-refractivity contribution < 1.29 is 0 Å². The predicted octanol–water partition coefficient (Wildman–Crippen LogP) is 2.17. The van der Waals surface area contributed by atoms with E-state index in [1.54, 1.807) is 0 Å². The molecule has 1 heteroatoms. The van der Waals surface area contributed by atoms with Crippen molar-refractivity contribution in [3.05, 3.63) is 0 Å². The minimum absolute atomic E-state index is 0.488. The summed E-state index contributed by atoms with van der Waals surface area (Å²) in [5.41, 5.74) is 1.08. The van der Waals surface area contributed by atoms with Crippen molar-refractivity contribution in [2.45, 2.75) is 45.6 Å². The molecule has 0 amide bonds. The summed E-state index contributed by atoms with van der Waals surface area (Å²) in [6.07, 6.45) is 3.94. The third kappa shape index (κ3) is 0.800. The minimum atomic E-state index is 0.488. The van der Waals surface area contributed by atoms with E-state index in [1.807, 2.05) is 0 Å². The van der Waals surface area contributed by atoms with Crippen LogP contribution in [-0.4, -0.2) is 12.6 Å². The first-order chi connectivity index (χ1) is 4.64. The SMILES string of the molecule is CCC1(C)CC1(CC)NC. The molecule has 0 radical (unpaired) electrons. The predicted molar refractivity (Wildman–Crippen MR) is 45.1 cm³/mol.